The van der Waals surface area contributed by atoms with E-state index in [4.69, 9.17) is 0 Å². The number of amides is 1. The molecule has 2 heterocycles. The number of benzene rings is 1. The first-order valence-electron chi connectivity index (χ1n) is 7.96. The molecule has 0 bridgehead atoms. The van der Waals surface area contributed by atoms with Crippen LogP contribution in [-0.4, -0.2) is 31.3 Å². The third-order valence-electron chi connectivity index (χ3n) is 4.45. The van der Waals surface area contributed by atoms with Crippen LogP contribution < -0.4 is 0 Å². The number of fused-ring (bicyclic) bond motifs is 1. The first-order chi connectivity index (χ1) is 12.2. The molecule has 0 radical (unpaired) electrons. The smallest absolute Gasteiger partial charge is 0.331 e. The zero-order valence-corrected chi connectivity index (χ0v) is 15.4. The molecule has 0 unspecified atom stereocenters. The van der Waals surface area contributed by atoms with Crippen molar-refractivity contribution in [2.45, 2.75) is 36.2 Å². The predicted molar refractivity (Wildman–Crippen MR) is 91.8 cm³/mol. The Labute approximate surface area is 153 Å². The van der Waals surface area contributed by atoms with Crippen molar-refractivity contribution in [3.8, 4) is 0 Å². The summed E-state index contributed by atoms with van der Waals surface area (Å²) in [6.07, 6.45) is 1.19. The second-order valence-corrected chi connectivity index (χ2v) is 8.83. The second-order valence-electron chi connectivity index (χ2n) is 5.92. The summed E-state index contributed by atoms with van der Waals surface area (Å²) in [5.41, 5.74) is -4.93. The zero-order chi connectivity index (χ0) is 19.1. The van der Waals surface area contributed by atoms with Crippen LogP contribution >= 0.6 is 11.3 Å². The Morgan fingerprint density at radius 3 is 2.62 bits per heavy atom. The van der Waals surface area contributed by atoms with E-state index >= 15 is 0 Å². The van der Waals surface area contributed by atoms with Gasteiger partial charge in [-0.05, 0) is 42.0 Å². The fourth-order valence-electron chi connectivity index (χ4n) is 3.24. The number of carbonyl (C=O) groups excluding carboxylic acids is 1. The van der Waals surface area contributed by atoms with Crippen LogP contribution in [0.25, 0.3) is 0 Å². The van der Waals surface area contributed by atoms with Crippen molar-refractivity contribution in [2.24, 2.45) is 0 Å². The summed E-state index contributed by atoms with van der Waals surface area (Å²) < 4.78 is 62.7. The quantitative estimate of drug-likeness (QED) is 0.772. The molecule has 0 saturated heterocycles. The molecule has 140 valence electrons. The maximum absolute atomic E-state index is 13.0. The lowest BCUT2D eigenvalue weighted by atomic mass is 9.97. The van der Waals surface area contributed by atoms with E-state index in [0.717, 1.165) is 22.6 Å². The Balaban J connectivity index is 2.05. The Morgan fingerprint density at radius 2 is 1.96 bits per heavy atom. The molecule has 1 aromatic carbocycles. The third-order valence-corrected chi connectivity index (χ3v) is 7.00. The summed E-state index contributed by atoms with van der Waals surface area (Å²) in [5, 5.41) is 1.92. The largest absolute Gasteiger partial charge is 0.501 e. The normalized spacial score (nSPS) is 17.8. The van der Waals surface area contributed by atoms with Gasteiger partial charge < -0.3 is 4.90 Å². The lowest BCUT2D eigenvalue weighted by Crippen LogP contribution is -2.40. The number of rotatable bonds is 3. The highest BCUT2D eigenvalue weighted by Crippen LogP contribution is 2.38. The molecule has 9 heteroatoms. The maximum atomic E-state index is 13.0. The second kappa shape index (κ2) is 6.70. The van der Waals surface area contributed by atoms with Crippen LogP contribution in [0.15, 0.2) is 40.6 Å². The van der Waals surface area contributed by atoms with Crippen LogP contribution in [0.4, 0.5) is 13.2 Å². The van der Waals surface area contributed by atoms with Crippen molar-refractivity contribution in [3.63, 3.8) is 0 Å². The molecule has 0 N–H and O–H groups in total. The molecule has 26 heavy (non-hydrogen) atoms. The summed E-state index contributed by atoms with van der Waals surface area (Å²) in [5.74, 6) is -0.697. The monoisotopic (exact) mass is 403 g/mol. The molecular formula is C17H16F3NO3S2. The molecule has 0 fully saturated rings. The van der Waals surface area contributed by atoms with Crippen LogP contribution in [0.3, 0.4) is 0 Å². The minimum Gasteiger partial charge on any atom is -0.331 e. The summed E-state index contributed by atoms with van der Waals surface area (Å²) in [6, 6.07) is 6.14. The van der Waals surface area contributed by atoms with Crippen LogP contribution in [0, 0.1) is 0 Å². The lowest BCUT2D eigenvalue weighted by molar-refractivity contribution is -0.0436. The molecule has 1 aliphatic heterocycles. The Morgan fingerprint density at radius 1 is 1.27 bits per heavy atom. The van der Waals surface area contributed by atoms with Gasteiger partial charge in [0.2, 0.25) is 0 Å². The molecule has 0 saturated carbocycles. The fourth-order valence-corrected chi connectivity index (χ4v) is 5.12. The van der Waals surface area contributed by atoms with Crippen LogP contribution in [0.1, 0.15) is 40.2 Å². The average molecular weight is 403 g/mol. The van der Waals surface area contributed by atoms with E-state index in [9.17, 15) is 26.4 Å². The molecule has 0 spiro atoms. The maximum Gasteiger partial charge on any atom is 0.501 e. The van der Waals surface area contributed by atoms with Gasteiger partial charge in [-0.25, -0.2) is 8.42 Å². The zero-order valence-electron chi connectivity index (χ0n) is 13.8. The van der Waals surface area contributed by atoms with Crippen molar-refractivity contribution in [1.82, 2.24) is 4.90 Å². The third kappa shape index (κ3) is 3.03. The Kier molecular flexibility index (Phi) is 4.87. The van der Waals surface area contributed by atoms with Gasteiger partial charge >= 0.3 is 5.51 Å². The van der Waals surface area contributed by atoms with Gasteiger partial charge in [0.15, 0.2) is 0 Å². The average Bonchev–Trinajstić information content (AvgIpc) is 3.08. The van der Waals surface area contributed by atoms with Crippen LogP contribution in [0.5, 0.6) is 0 Å². The van der Waals surface area contributed by atoms with Gasteiger partial charge in [0.1, 0.15) is 0 Å². The number of hydrogen-bond acceptors (Lipinski definition) is 4. The topological polar surface area (TPSA) is 54.5 Å². The standard InChI is InChI=1S/C17H16F3NO3S2/c1-2-13-11-8-10-25-14(11)7-9-21(13)16(22)12-5-3-4-6-15(12)26(23,24)17(18,19)20/h3-6,8,10,13H,2,7,9H2,1H3/t13-/m1/s1. The first-order valence-corrected chi connectivity index (χ1v) is 10.3. The van der Waals surface area contributed by atoms with Gasteiger partial charge in [-0.2, -0.15) is 13.2 Å². The highest BCUT2D eigenvalue weighted by Gasteiger charge is 2.48. The predicted octanol–water partition coefficient (Wildman–Crippen LogP) is 4.19. The molecule has 1 aromatic heterocycles. The molecule has 0 aliphatic carbocycles. The number of thiophene rings is 1. The van der Waals surface area contributed by atoms with E-state index in [2.05, 4.69) is 0 Å². The van der Waals surface area contributed by atoms with Gasteiger partial charge in [0.05, 0.1) is 16.5 Å². The Hall–Kier alpha value is -1.87. The van der Waals surface area contributed by atoms with Gasteiger partial charge in [-0.3, -0.25) is 4.79 Å². The molecule has 1 atom stereocenters. The number of halogens is 3. The van der Waals surface area contributed by atoms with E-state index in [1.165, 1.54) is 17.0 Å². The first kappa shape index (κ1) is 18.9. The summed E-state index contributed by atoms with van der Waals surface area (Å²) in [6.45, 7) is 2.22. The van der Waals surface area contributed by atoms with E-state index in [1.54, 1.807) is 11.3 Å². The van der Waals surface area contributed by atoms with Crippen molar-refractivity contribution in [3.05, 3.63) is 51.7 Å². The van der Waals surface area contributed by atoms with Crippen LogP contribution in [-0.2, 0) is 16.3 Å². The van der Waals surface area contributed by atoms with Gasteiger partial charge in [-0.1, -0.05) is 19.1 Å². The van der Waals surface area contributed by atoms with E-state index in [-0.39, 0.29) is 6.04 Å². The number of hydrogen-bond donors (Lipinski definition) is 0. The fraction of sp³-hybridized carbons (Fsp3) is 0.353. The van der Waals surface area contributed by atoms with Gasteiger partial charge in [0, 0.05) is 11.4 Å². The van der Waals surface area contributed by atoms with Gasteiger partial charge in [0.25, 0.3) is 15.7 Å². The molecule has 3 rings (SSSR count). The van der Waals surface area contributed by atoms with Crippen molar-refractivity contribution in [1.29, 1.82) is 0 Å². The van der Waals surface area contributed by atoms with Crippen molar-refractivity contribution < 1.29 is 26.4 Å². The van der Waals surface area contributed by atoms with Crippen molar-refractivity contribution >= 4 is 27.1 Å². The SMILES string of the molecule is CC[C@@H]1c2ccsc2CCN1C(=O)c1ccccc1S(=O)(=O)C(F)(F)F. The summed E-state index contributed by atoms with van der Waals surface area (Å²) in [7, 11) is -5.61. The summed E-state index contributed by atoms with van der Waals surface area (Å²) >= 11 is 1.58. The highest BCUT2D eigenvalue weighted by molar-refractivity contribution is 7.92. The number of carbonyl (C=O) groups is 1. The summed E-state index contributed by atoms with van der Waals surface area (Å²) in [4.78, 5) is 14.6. The minimum atomic E-state index is -5.61. The molecule has 1 amide bonds. The number of sulfone groups is 1. The number of nitrogens with zero attached hydrogens (tertiary/aromatic N) is 1. The van der Waals surface area contributed by atoms with E-state index < -0.39 is 31.7 Å². The molecular weight excluding hydrogens is 387 g/mol. The highest BCUT2D eigenvalue weighted by atomic mass is 32.2. The van der Waals surface area contributed by atoms with Crippen molar-refractivity contribution in [2.75, 3.05) is 6.54 Å². The molecule has 2 aromatic rings. The minimum absolute atomic E-state index is 0.279. The van der Waals surface area contributed by atoms with Gasteiger partial charge in [-0.15, -0.1) is 11.3 Å². The Bertz CT molecular complexity index is 935. The van der Waals surface area contributed by atoms with E-state index in [0.29, 0.717) is 19.4 Å². The van der Waals surface area contributed by atoms with E-state index in [1.807, 2.05) is 18.4 Å². The lowest BCUT2D eigenvalue weighted by Gasteiger charge is -2.35. The molecule has 4 nitrogen and oxygen atoms in total. The molecule has 1 aliphatic rings. The van der Waals surface area contributed by atoms with Crippen LogP contribution in [0.2, 0.25) is 0 Å². The number of alkyl halides is 3.